The van der Waals surface area contributed by atoms with Crippen molar-refractivity contribution < 1.29 is 26.8 Å². The van der Waals surface area contributed by atoms with Gasteiger partial charge >= 0.3 is 6.18 Å². The molecular formula is C19H14ClF4N3O2. The number of hydrogen-bond donors (Lipinski definition) is 1. The normalized spacial score (nSPS) is 17.1. The molecule has 2 aromatic carbocycles. The first-order valence-electron chi connectivity index (χ1n) is 8.70. The summed E-state index contributed by atoms with van der Waals surface area (Å²) >= 11 is 5.90. The van der Waals surface area contributed by atoms with Crippen molar-refractivity contribution in [2.75, 3.05) is 18.4 Å². The lowest BCUT2D eigenvalue weighted by molar-refractivity contribution is -0.138. The van der Waals surface area contributed by atoms with E-state index in [1.54, 1.807) is 18.2 Å². The lowest BCUT2D eigenvalue weighted by Gasteiger charge is -2.20. The zero-order valence-corrected chi connectivity index (χ0v) is 15.5. The van der Waals surface area contributed by atoms with Crippen molar-refractivity contribution in [3.8, 4) is 0 Å². The first-order chi connectivity index (χ1) is 13.7. The molecule has 5 nitrogen and oxygen atoms in total. The molecule has 152 valence electrons. The predicted molar refractivity (Wildman–Crippen MR) is 98.4 cm³/mol. The van der Waals surface area contributed by atoms with E-state index in [4.69, 9.17) is 16.0 Å². The maximum Gasteiger partial charge on any atom is 0.417 e. The highest BCUT2D eigenvalue weighted by Crippen LogP contribution is 2.34. The molecule has 4 rings (SSSR count). The maximum atomic E-state index is 14.1. The smallest absolute Gasteiger partial charge is 0.417 e. The largest absolute Gasteiger partial charge is 0.423 e. The number of likely N-dealkylation sites (tertiary alicyclic amines) is 1. The van der Waals surface area contributed by atoms with E-state index in [0.29, 0.717) is 28.6 Å². The summed E-state index contributed by atoms with van der Waals surface area (Å²) < 4.78 is 59.2. The number of rotatable bonds is 3. The van der Waals surface area contributed by atoms with Gasteiger partial charge in [-0.25, -0.2) is 4.39 Å². The van der Waals surface area contributed by atoms with E-state index in [-0.39, 0.29) is 25.1 Å². The Labute approximate surface area is 167 Å². The quantitative estimate of drug-likeness (QED) is 0.600. The Balaban J connectivity index is 1.50. The van der Waals surface area contributed by atoms with Crippen LogP contribution in [0.5, 0.6) is 0 Å². The number of alkyl halides is 3. The van der Waals surface area contributed by atoms with Crippen LogP contribution in [0.4, 0.5) is 23.6 Å². The Hall–Kier alpha value is -2.81. The molecule has 0 spiro atoms. The van der Waals surface area contributed by atoms with Gasteiger partial charge in [-0.05, 0) is 30.7 Å². The predicted octanol–water partition coefficient (Wildman–Crippen LogP) is 4.97. The van der Waals surface area contributed by atoms with Gasteiger partial charge in [-0.1, -0.05) is 17.7 Å². The van der Waals surface area contributed by atoms with Crippen molar-refractivity contribution >= 4 is 34.6 Å². The molecule has 1 aromatic heterocycles. The number of halogens is 5. The van der Waals surface area contributed by atoms with Gasteiger partial charge in [0.1, 0.15) is 11.3 Å². The average molecular weight is 428 g/mol. The van der Waals surface area contributed by atoms with Crippen molar-refractivity contribution in [1.82, 2.24) is 9.88 Å². The molecule has 0 bridgehead atoms. The van der Waals surface area contributed by atoms with Gasteiger partial charge in [0.25, 0.3) is 11.9 Å². The van der Waals surface area contributed by atoms with Gasteiger partial charge < -0.3 is 14.6 Å². The summed E-state index contributed by atoms with van der Waals surface area (Å²) in [6.45, 7) is 0.262. The van der Waals surface area contributed by atoms with E-state index >= 15 is 0 Å². The summed E-state index contributed by atoms with van der Waals surface area (Å²) in [5, 5.41) is 3.50. The number of carbonyl (C=O) groups is 1. The minimum atomic E-state index is -4.83. The highest BCUT2D eigenvalue weighted by molar-refractivity contribution is 6.31. The van der Waals surface area contributed by atoms with Gasteiger partial charge in [0.2, 0.25) is 0 Å². The second-order valence-corrected chi connectivity index (χ2v) is 7.11. The highest BCUT2D eigenvalue weighted by Gasteiger charge is 2.39. The summed E-state index contributed by atoms with van der Waals surface area (Å²) in [5.41, 5.74) is -1.18. The molecule has 29 heavy (non-hydrogen) atoms. The van der Waals surface area contributed by atoms with E-state index in [2.05, 4.69) is 10.3 Å². The Morgan fingerprint density at radius 3 is 2.83 bits per heavy atom. The SMILES string of the molecule is O=C(c1c(F)cccc1C(F)(F)F)N1CC[C@@H](Nc2nc3ccc(Cl)cc3o2)C1. The standard InChI is InChI=1S/C19H14ClF4N3O2/c20-10-4-5-14-15(8-10)29-18(26-14)25-11-6-7-27(9-11)17(28)16-12(19(22,23)24)2-1-3-13(16)21/h1-5,8,11H,6-7,9H2,(H,25,26)/t11-/m1/s1. The van der Waals surface area contributed by atoms with Gasteiger partial charge in [0.15, 0.2) is 5.58 Å². The molecule has 1 amide bonds. The van der Waals surface area contributed by atoms with Gasteiger partial charge in [-0.15, -0.1) is 0 Å². The van der Waals surface area contributed by atoms with Crippen LogP contribution in [-0.2, 0) is 6.18 Å². The number of anilines is 1. The van der Waals surface area contributed by atoms with Crippen molar-refractivity contribution in [2.45, 2.75) is 18.6 Å². The molecule has 3 aromatic rings. The molecule has 1 aliphatic heterocycles. The monoisotopic (exact) mass is 427 g/mol. The molecule has 1 aliphatic rings. The van der Waals surface area contributed by atoms with E-state index in [1.165, 1.54) is 4.90 Å². The minimum absolute atomic E-state index is 0.0872. The number of oxazole rings is 1. The minimum Gasteiger partial charge on any atom is -0.423 e. The Morgan fingerprint density at radius 2 is 2.07 bits per heavy atom. The zero-order valence-electron chi connectivity index (χ0n) is 14.8. The fourth-order valence-electron chi connectivity index (χ4n) is 3.33. The van der Waals surface area contributed by atoms with Crippen molar-refractivity contribution in [2.24, 2.45) is 0 Å². The molecule has 1 saturated heterocycles. The van der Waals surface area contributed by atoms with Crippen LogP contribution >= 0.6 is 11.6 Å². The number of aromatic nitrogens is 1. The van der Waals surface area contributed by atoms with E-state index in [9.17, 15) is 22.4 Å². The van der Waals surface area contributed by atoms with Crippen LogP contribution in [-0.4, -0.2) is 34.9 Å². The third kappa shape index (κ3) is 3.87. The summed E-state index contributed by atoms with van der Waals surface area (Å²) in [6, 6.07) is 7.35. The van der Waals surface area contributed by atoms with Crippen LogP contribution in [0.3, 0.4) is 0 Å². The molecule has 2 heterocycles. The molecular weight excluding hydrogens is 414 g/mol. The number of fused-ring (bicyclic) bond motifs is 1. The van der Waals surface area contributed by atoms with Crippen molar-refractivity contribution in [3.63, 3.8) is 0 Å². The molecule has 0 saturated carbocycles. The number of benzene rings is 2. The van der Waals surface area contributed by atoms with Crippen LogP contribution < -0.4 is 5.32 Å². The number of amides is 1. The fraction of sp³-hybridized carbons (Fsp3) is 0.263. The average Bonchev–Trinajstić information content (AvgIpc) is 3.26. The molecule has 10 heteroatoms. The Kier molecular flexibility index (Phi) is 4.85. The third-order valence-electron chi connectivity index (χ3n) is 4.69. The van der Waals surface area contributed by atoms with Crippen LogP contribution in [0.15, 0.2) is 40.8 Å². The Morgan fingerprint density at radius 1 is 1.28 bits per heavy atom. The number of carbonyl (C=O) groups excluding carboxylic acids is 1. The van der Waals surface area contributed by atoms with Crippen molar-refractivity contribution in [1.29, 1.82) is 0 Å². The Bertz CT molecular complexity index is 1080. The summed E-state index contributed by atoms with van der Waals surface area (Å²) in [5.74, 6) is -2.19. The maximum absolute atomic E-state index is 14.1. The fourth-order valence-corrected chi connectivity index (χ4v) is 3.50. The van der Waals surface area contributed by atoms with Crippen LogP contribution in [0.25, 0.3) is 11.1 Å². The summed E-state index contributed by atoms with van der Waals surface area (Å²) in [6.07, 6.45) is -4.38. The third-order valence-corrected chi connectivity index (χ3v) is 4.92. The zero-order chi connectivity index (χ0) is 20.8. The van der Waals surface area contributed by atoms with Gasteiger partial charge in [0.05, 0.1) is 11.1 Å². The van der Waals surface area contributed by atoms with Crippen molar-refractivity contribution in [3.05, 3.63) is 58.4 Å². The summed E-state index contributed by atoms with van der Waals surface area (Å²) in [7, 11) is 0. The van der Waals surface area contributed by atoms with E-state index in [0.717, 1.165) is 12.1 Å². The molecule has 1 atom stereocenters. The highest BCUT2D eigenvalue weighted by atomic mass is 35.5. The molecule has 0 aliphatic carbocycles. The second kappa shape index (κ2) is 7.22. The molecule has 1 fully saturated rings. The summed E-state index contributed by atoms with van der Waals surface area (Å²) in [4.78, 5) is 18.1. The number of hydrogen-bond acceptors (Lipinski definition) is 4. The second-order valence-electron chi connectivity index (χ2n) is 6.67. The number of nitrogens with one attached hydrogen (secondary N) is 1. The topological polar surface area (TPSA) is 58.4 Å². The first-order valence-corrected chi connectivity index (χ1v) is 9.08. The molecule has 1 N–H and O–H groups in total. The van der Waals surface area contributed by atoms with Crippen LogP contribution in [0.1, 0.15) is 22.3 Å². The van der Waals surface area contributed by atoms with Crippen LogP contribution in [0.2, 0.25) is 5.02 Å². The van der Waals surface area contributed by atoms with Crippen LogP contribution in [0, 0.1) is 5.82 Å². The lowest BCUT2D eigenvalue weighted by Crippen LogP contribution is -2.33. The first kappa shape index (κ1) is 19.5. The van der Waals surface area contributed by atoms with Gasteiger partial charge in [-0.2, -0.15) is 18.2 Å². The lowest BCUT2D eigenvalue weighted by atomic mass is 10.1. The number of nitrogens with zero attached hydrogens (tertiary/aromatic N) is 2. The van der Waals surface area contributed by atoms with E-state index in [1.807, 2.05) is 0 Å². The van der Waals surface area contributed by atoms with Gasteiger partial charge in [0, 0.05) is 30.2 Å². The van der Waals surface area contributed by atoms with Gasteiger partial charge in [-0.3, -0.25) is 4.79 Å². The van der Waals surface area contributed by atoms with E-state index < -0.39 is 29.0 Å². The molecule has 0 unspecified atom stereocenters. The molecule has 0 radical (unpaired) electrons.